The minimum Gasteiger partial charge on any atom is -0.492 e. The van der Waals surface area contributed by atoms with Crippen LogP contribution in [0.15, 0.2) is 58.0 Å². The number of ether oxygens (including phenoxy) is 1. The number of pyridine rings is 1. The summed E-state index contributed by atoms with van der Waals surface area (Å²) in [6, 6.07) is 13.6. The number of rotatable bonds is 14. The molecule has 0 saturated carbocycles. The third-order valence-electron chi connectivity index (χ3n) is 5.74. The van der Waals surface area contributed by atoms with E-state index in [-0.39, 0.29) is 6.42 Å². The molecule has 0 atom stereocenters. The van der Waals surface area contributed by atoms with Gasteiger partial charge in [-0.3, -0.25) is 4.79 Å². The number of hydrogen-bond acceptors (Lipinski definition) is 8. The number of nitrogens with zero attached hydrogens (tertiary/aromatic N) is 2. The Balaban J connectivity index is 1.57. The molecule has 0 unspecified atom stereocenters. The molecule has 190 valence electrons. The Kier molecular flexibility index (Phi) is 9.46. The molecule has 0 radical (unpaired) electrons. The van der Waals surface area contributed by atoms with Crippen molar-refractivity contribution in [3.8, 4) is 17.2 Å². The Morgan fingerprint density at radius 1 is 1.14 bits per heavy atom. The van der Waals surface area contributed by atoms with Gasteiger partial charge in [-0.1, -0.05) is 12.1 Å². The lowest BCUT2D eigenvalue weighted by Gasteiger charge is -2.08. The molecule has 0 saturated heterocycles. The molecule has 2 heterocycles. The molecule has 2 aromatic carbocycles. The summed E-state index contributed by atoms with van der Waals surface area (Å²) in [6.45, 7) is 1.30. The number of oxazole rings is 1. The minimum atomic E-state index is -0.750. The minimum absolute atomic E-state index is 0.207. The maximum absolute atomic E-state index is 10.7. The van der Waals surface area contributed by atoms with Gasteiger partial charge in [-0.05, 0) is 43.4 Å². The molecule has 2 N–H and O–H groups in total. The van der Waals surface area contributed by atoms with Gasteiger partial charge in [0.15, 0.2) is 11.8 Å². The first kappa shape index (κ1) is 26.3. The van der Waals surface area contributed by atoms with Crippen LogP contribution >= 0.6 is 24.1 Å². The van der Waals surface area contributed by atoms with Crippen LogP contribution in [-0.4, -0.2) is 40.1 Å². The van der Waals surface area contributed by atoms with Gasteiger partial charge in [0.05, 0.1) is 29.6 Å². The summed E-state index contributed by atoms with van der Waals surface area (Å²) in [5, 5.41) is 9.84. The lowest BCUT2D eigenvalue weighted by Crippen LogP contribution is -2.34. The van der Waals surface area contributed by atoms with Crippen molar-refractivity contribution in [3.05, 3.63) is 48.7 Å². The van der Waals surface area contributed by atoms with Crippen LogP contribution < -0.4 is 9.30 Å². The van der Waals surface area contributed by atoms with E-state index in [1.807, 2.05) is 30.5 Å². The van der Waals surface area contributed by atoms with E-state index in [2.05, 4.69) is 10.6 Å². The summed E-state index contributed by atoms with van der Waals surface area (Å²) in [7, 11) is 1.64. The van der Waals surface area contributed by atoms with Crippen molar-refractivity contribution in [1.82, 2.24) is 4.98 Å². The van der Waals surface area contributed by atoms with Crippen LogP contribution in [0, 0.1) is 0 Å². The van der Waals surface area contributed by atoms with Gasteiger partial charge in [0.25, 0.3) is 0 Å². The van der Waals surface area contributed by atoms with Crippen molar-refractivity contribution in [1.29, 1.82) is 0 Å². The number of carboxylic acids is 1. The molecular formula is C26H29N2O6S2+. The number of para-hydroxylation sites is 1. The fourth-order valence-electron chi connectivity index (χ4n) is 4.02. The van der Waals surface area contributed by atoms with Crippen LogP contribution in [0.25, 0.3) is 33.5 Å². The highest BCUT2D eigenvalue weighted by atomic mass is 32.2. The summed E-state index contributed by atoms with van der Waals surface area (Å²) >= 11 is 2.01. The van der Waals surface area contributed by atoms with Gasteiger partial charge in [0.1, 0.15) is 17.8 Å². The quantitative estimate of drug-likeness (QED) is 0.112. The van der Waals surface area contributed by atoms with Crippen molar-refractivity contribution in [3.63, 3.8) is 0 Å². The second-order valence-electron chi connectivity index (χ2n) is 8.21. The van der Waals surface area contributed by atoms with Crippen LogP contribution in [0.5, 0.6) is 5.75 Å². The van der Waals surface area contributed by atoms with Crippen LogP contribution in [0.2, 0.25) is 0 Å². The molecule has 0 aliphatic heterocycles. The van der Waals surface area contributed by atoms with E-state index in [1.54, 1.807) is 19.2 Å². The molecule has 36 heavy (non-hydrogen) atoms. The topological polar surface area (TPSA) is 106 Å². The fourth-order valence-corrected chi connectivity index (χ4v) is 4.80. The Labute approximate surface area is 218 Å². The second kappa shape index (κ2) is 13.0. The molecule has 0 aliphatic rings. The number of fused-ring (bicyclic) bond motifs is 2. The molecule has 4 rings (SSSR count). The number of carboxylic acid groups (broad SMARTS) is 1. The zero-order valence-corrected chi connectivity index (χ0v) is 21.6. The van der Waals surface area contributed by atoms with E-state index >= 15 is 0 Å². The second-order valence-corrected chi connectivity index (χ2v) is 9.81. The van der Waals surface area contributed by atoms with Crippen molar-refractivity contribution < 1.29 is 32.4 Å². The monoisotopic (exact) mass is 529 g/mol. The third kappa shape index (κ3) is 6.50. The lowest BCUT2D eigenvalue weighted by molar-refractivity contribution is -0.671. The number of aryl methyl sites for hydroxylation is 1. The van der Waals surface area contributed by atoms with E-state index in [1.165, 1.54) is 12.0 Å². The predicted octanol–water partition coefficient (Wildman–Crippen LogP) is 6.21. The van der Waals surface area contributed by atoms with Crippen LogP contribution in [0.4, 0.5) is 0 Å². The average Bonchev–Trinajstić information content (AvgIpc) is 3.30. The maximum atomic E-state index is 10.7. The molecule has 2 aromatic heterocycles. The molecule has 0 fully saturated rings. The van der Waals surface area contributed by atoms with Gasteiger partial charge in [-0.15, -0.1) is 0 Å². The predicted molar refractivity (Wildman–Crippen MR) is 141 cm³/mol. The van der Waals surface area contributed by atoms with Gasteiger partial charge in [0.2, 0.25) is 11.4 Å². The van der Waals surface area contributed by atoms with Gasteiger partial charge >= 0.3 is 5.97 Å². The Bertz CT molecular complexity index is 1330. The number of aliphatic carboxylic acids is 1. The van der Waals surface area contributed by atoms with E-state index in [4.69, 9.17) is 23.4 Å². The molecule has 0 bridgehead atoms. The fraction of sp³-hybridized carbons (Fsp3) is 0.346. The number of carbonyl (C=O) groups is 1. The SMILES string of the molecule is COSCCCOc1cc2oc(-c3cc[n+](CCCCCC(=O)O)c4ccccc34)nc2cc1SO. The molecule has 0 spiro atoms. The highest BCUT2D eigenvalue weighted by Crippen LogP contribution is 2.35. The van der Waals surface area contributed by atoms with Crippen LogP contribution in [0.1, 0.15) is 32.1 Å². The molecule has 10 heteroatoms. The smallest absolute Gasteiger partial charge is 0.303 e. The number of hydrogen-bond donors (Lipinski definition) is 2. The molecular weight excluding hydrogens is 500 g/mol. The van der Waals surface area contributed by atoms with Gasteiger partial charge in [-0.2, -0.15) is 4.57 Å². The highest BCUT2D eigenvalue weighted by Gasteiger charge is 2.19. The zero-order valence-electron chi connectivity index (χ0n) is 20.0. The normalized spacial score (nSPS) is 11.4. The molecule has 0 amide bonds. The maximum Gasteiger partial charge on any atom is 0.303 e. The van der Waals surface area contributed by atoms with Crippen molar-refractivity contribution >= 4 is 52.1 Å². The number of unbranched alkanes of at least 4 members (excludes halogenated alkanes) is 2. The lowest BCUT2D eigenvalue weighted by atomic mass is 10.1. The van der Waals surface area contributed by atoms with Gasteiger partial charge in [-0.25, -0.2) is 4.98 Å². The number of aromatic nitrogens is 2. The van der Waals surface area contributed by atoms with E-state index in [0.29, 0.717) is 52.7 Å². The van der Waals surface area contributed by atoms with E-state index in [0.717, 1.165) is 48.0 Å². The van der Waals surface area contributed by atoms with Crippen LogP contribution in [0.3, 0.4) is 0 Å². The third-order valence-corrected chi connectivity index (χ3v) is 6.95. The first-order valence-corrected chi connectivity index (χ1v) is 13.5. The highest BCUT2D eigenvalue weighted by molar-refractivity contribution is 7.94. The van der Waals surface area contributed by atoms with Crippen molar-refractivity contribution in [2.24, 2.45) is 0 Å². The zero-order chi connectivity index (χ0) is 25.3. The first-order valence-electron chi connectivity index (χ1n) is 11.8. The largest absolute Gasteiger partial charge is 0.492 e. The Hall–Kier alpha value is -2.79. The average molecular weight is 530 g/mol. The first-order chi connectivity index (χ1) is 17.6. The Morgan fingerprint density at radius 3 is 2.81 bits per heavy atom. The summed E-state index contributed by atoms with van der Waals surface area (Å²) in [4.78, 5) is 16.0. The summed E-state index contributed by atoms with van der Waals surface area (Å²) in [5.41, 5.74) is 3.16. The van der Waals surface area contributed by atoms with Gasteiger partial charge in [0, 0.05) is 48.8 Å². The van der Waals surface area contributed by atoms with Gasteiger partial charge < -0.3 is 23.0 Å². The molecule has 8 nitrogen and oxygen atoms in total. The summed E-state index contributed by atoms with van der Waals surface area (Å²) < 4.78 is 29.0. The van der Waals surface area contributed by atoms with E-state index < -0.39 is 5.97 Å². The molecule has 0 aliphatic carbocycles. The van der Waals surface area contributed by atoms with Crippen molar-refractivity contribution in [2.45, 2.75) is 43.5 Å². The summed E-state index contributed by atoms with van der Waals surface area (Å²) in [5.74, 6) is 1.12. The summed E-state index contributed by atoms with van der Waals surface area (Å²) in [6.07, 6.45) is 5.48. The molecule has 4 aromatic rings. The van der Waals surface area contributed by atoms with E-state index in [9.17, 15) is 9.35 Å². The number of benzene rings is 2. The van der Waals surface area contributed by atoms with Crippen molar-refractivity contribution in [2.75, 3.05) is 19.5 Å². The Morgan fingerprint density at radius 2 is 2.00 bits per heavy atom. The standard InChI is InChI=1S/C26H28N2O6S2/c1-32-35-15-7-14-33-23-17-22-20(16-24(23)36-31)27-26(34-22)19-11-13-28(12-6-2-3-10-25(29)30)21-9-5-4-8-18(19)21/h4-5,8-9,11,13,16-17H,2-3,6-7,10,12,14-15H2,1H3,(H-,29,30,31)/p+1. The van der Waals surface area contributed by atoms with Crippen LogP contribution in [-0.2, 0) is 15.5 Å².